The second-order valence-electron chi connectivity index (χ2n) is 10.4. The first-order valence-electron chi connectivity index (χ1n) is 14.8. The van der Waals surface area contributed by atoms with E-state index < -0.39 is 30.2 Å². The van der Waals surface area contributed by atoms with Crippen LogP contribution in [0.1, 0.15) is 72.6 Å². The lowest BCUT2D eigenvalue weighted by Gasteiger charge is -2.18. The zero-order valence-electron chi connectivity index (χ0n) is 25.8. The van der Waals surface area contributed by atoms with Crippen molar-refractivity contribution < 1.29 is 28.2 Å². The zero-order valence-corrected chi connectivity index (χ0v) is 27.4. The predicted molar refractivity (Wildman–Crippen MR) is 170 cm³/mol. The van der Waals surface area contributed by atoms with Gasteiger partial charge in [-0.3, -0.25) is 9.59 Å². The van der Waals surface area contributed by atoms with E-state index in [9.17, 15) is 18.8 Å². The zero-order chi connectivity index (χ0) is 32.2. The first-order chi connectivity index (χ1) is 21.1. The van der Waals surface area contributed by atoms with Gasteiger partial charge in [0.1, 0.15) is 11.6 Å². The minimum absolute atomic E-state index is 0.000883. The molecule has 0 fully saturated rings. The third kappa shape index (κ3) is 9.52. The molecule has 0 atom stereocenters. The Kier molecular flexibility index (Phi) is 13.7. The minimum atomic E-state index is -0.814. The maximum absolute atomic E-state index is 14.5. The molecule has 2 N–H and O–H groups in total. The van der Waals surface area contributed by atoms with E-state index in [1.54, 1.807) is 0 Å². The summed E-state index contributed by atoms with van der Waals surface area (Å²) >= 11 is 7.52. The molecule has 0 radical (unpaired) electrons. The summed E-state index contributed by atoms with van der Waals surface area (Å²) in [6.07, 6.45) is 7.35. The van der Waals surface area contributed by atoms with E-state index in [4.69, 9.17) is 21.1 Å². The maximum Gasteiger partial charge on any atom is 0.344 e. The molecule has 14 heteroatoms. The van der Waals surface area contributed by atoms with Crippen molar-refractivity contribution in [2.75, 3.05) is 41.5 Å². The van der Waals surface area contributed by atoms with Gasteiger partial charge in [0.15, 0.2) is 11.8 Å². The summed E-state index contributed by atoms with van der Waals surface area (Å²) in [6.45, 7) is 8.85. The Bertz CT molecular complexity index is 1350. The lowest BCUT2D eigenvalue weighted by Crippen LogP contribution is -2.32. The summed E-state index contributed by atoms with van der Waals surface area (Å²) in [4.78, 5) is 50.7. The molecule has 0 spiro atoms. The molecule has 2 aromatic rings. The van der Waals surface area contributed by atoms with Crippen molar-refractivity contribution in [1.82, 2.24) is 15.0 Å². The Balaban J connectivity index is 0.000000297. The molecule has 2 heterocycles. The molecule has 0 saturated heterocycles. The molecule has 2 aliphatic rings. The predicted octanol–water partition coefficient (Wildman–Crippen LogP) is 6.18. The molecule has 1 aliphatic carbocycles. The number of ether oxygens (including phenoxy) is 2. The van der Waals surface area contributed by atoms with E-state index in [-0.39, 0.29) is 16.5 Å². The van der Waals surface area contributed by atoms with Gasteiger partial charge in [0.25, 0.3) is 11.8 Å². The van der Waals surface area contributed by atoms with E-state index in [1.165, 1.54) is 17.8 Å². The summed E-state index contributed by atoms with van der Waals surface area (Å²) in [7, 11) is 0. The number of unbranched alkanes of at least 4 members (excludes halogenated alkanes) is 2. The fourth-order valence-corrected chi connectivity index (χ4v) is 5.04. The SMILES string of the molecule is CCCCCOC(=O)COc1cc(N2C(=O)C3=C(CCCC3)C2=O)c(F)cc1Cl.CCNc1nc(NC(C)C)nc(SC)n1. The number of imide groups is 1. The van der Waals surface area contributed by atoms with Crippen LogP contribution in [-0.4, -0.2) is 64.8 Å². The van der Waals surface area contributed by atoms with Crippen LogP contribution in [0.5, 0.6) is 5.75 Å². The minimum Gasteiger partial charge on any atom is -0.480 e. The topological polar surface area (TPSA) is 136 Å². The average molecular weight is 651 g/mol. The van der Waals surface area contributed by atoms with Crippen LogP contribution in [0.15, 0.2) is 28.4 Å². The highest BCUT2D eigenvalue weighted by Gasteiger charge is 2.41. The van der Waals surface area contributed by atoms with Crippen molar-refractivity contribution in [2.45, 2.75) is 83.8 Å². The third-order valence-electron chi connectivity index (χ3n) is 6.54. The van der Waals surface area contributed by atoms with Crippen molar-refractivity contribution in [1.29, 1.82) is 0 Å². The number of hydrogen-bond donors (Lipinski definition) is 2. The largest absolute Gasteiger partial charge is 0.480 e. The molecule has 240 valence electrons. The number of benzene rings is 1. The highest BCUT2D eigenvalue weighted by atomic mass is 35.5. The summed E-state index contributed by atoms with van der Waals surface area (Å²) in [5, 5.41) is 6.90. The summed E-state index contributed by atoms with van der Waals surface area (Å²) < 4.78 is 25.0. The standard InChI is InChI=1S/C21H23ClFNO5.C9H17N5S/c1-2-3-6-9-28-19(25)12-29-18-11-17(16(23)10-15(18)22)24-20(26)13-7-4-5-8-14(13)21(24)27;1-5-10-7-12-8(11-6(2)3)14-9(13-7)15-4/h10-11H,2-9,12H2,1H3;6H,5H2,1-4H3,(H2,10,11,12,13,14). The van der Waals surface area contributed by atoms with Gasteiger partial charge in [0, 0.05) is 29.8 Å². The average Bonchev–Trinajstić information content (AvgIpc) is 3.24. The van der Waals surface area contributed by atoms with Gasteiger partial charge in [0.05, 0.1) is 17.3 Å². The number of nitrogens with zero attached hydrogens (tertiary/aromatic N) is 4. The van der Waals surface area contributed by atoms with E-state index in [2.05, 4.69) is 39.4 Å². The van der Waals surface area contributed by atoms with Crippen molar-refractivity contribution >= 4 is 58.7 Å². The van der Waals surface area contributed by atoms with Crippen molar-refractivity contribution in [3.63, 3.8) is 0 Å². The van der Waals surface area contributed by atoms with Crippen LogP contribution in [0.25, 0.3) is 0 Å². The van der Waals surface area contributed by atoms with Crippen LogP contribution >= 0.6 is 23.4 Å². The normalized spacial score (nSPS) is 14.3. The fourth-order valence-electron chi connectivity index (χ4n) is 4.48. The first kappa shape index (κ1) is 35.0. The number of carbonyl (C=O) groups is 3. The summed E-state index contributed by atoms with van der Waals surface area (Å²) in [5.74, 6) is -1.15. The molecule has 0 bridgehead atoms. The van der Waals surface area contributed by atoms with Crippen LogP contribution in [0.3, 0.4) is 0 Å². The number of halogens is 2. The van der Waals surface area contributed by atoms with E-state index in [1.807, 2.05) is 20.1 Å². The first-order valence-corrected chi connectivity index (χ1v) is 16.4. The fraction of sp³-hybridized carbons (Fsp3) is 0.533. The monoisotopic (exact) mass is 650 g/mol. The number of thioether (sulfide) groups is 1. The quantitative estimate of drug-likeness (QED) is 0.111. The van der Waals surface area contributed by atoms with E-state index in [0.717, 1.165) is 54.8 Å². The number of anilines is 3. The Morgan fingerprint density at radius 2 is 1.73 bits per heavy atom. The highest BCUT2D eigenvalue weighted by molar-refractivity contribution is 7.98. The van der Waals surface area contributed by atoms with Crippen LogP contribution in [0, 0.1) is 5.82 Å². The summed E-state index contributed by atoms with van der Waals surface area (Å²) in [5.41, 5.74) is 0.674. The smallest absolute Gasteiger partial charge is 0.344 e. The Labute approximate surface area is 266 Å². The molecule has 4 rings (SSSR count). The van der Waals surface area contributed by atoms with Gasteiger partial charge < -0.3 is 20.1 Å². The van der Waals surface area contributed by atoms with Crippen LogP contribution in [0.4, 0.5) is 22.0 Å². The van der Waals surface area contributed by atoms with Gasteiger partial charge in [-0.15, -0.1) is 0 Å². The number of amides is 2. The van der Waals surface area contributed by atoms with E-state index >= 15 is 0 Å². The number of carbonyl (C=O) groups excluding carboxylic acids is 3. The van der Waals surface area contributed by atoms with Gasteiger partial charge in [-0.1, -0.05) is 43.1 Å². The Hall–Kier alpha value is -3.45. The van der Waals surface area contributed by atoms with Gasteiger partial charge in [-0.25, -0.2) is 14.1 Å². The van der Waals surface area contributed by atoms with E-state index in [0.29, 0.717) is 48.5 Å². The highest BCUT2D eigenvalue weighted by Crippen LogP contribution is 2.39. The number of esters is 1. The molecule has 0 saturated carbocycles. The van der Waals surface area contributed by atoms with Crippen LogP contribution in [0.2, 0.25) is 5.02 Å². The molecule has 1 aromatic heterocycles. The molecule has 0 unspecified atom stereocenters. The van der Waals surface area contributed by atoms with Gasteiger partial charge in [-0.2, -0.15) is 15.0 Å². The number of aromatic nitrogens is 3. The van der Waals surface area contributed by atoms with Crippen LogP contribution in [-0.2, 0) is 19.1 Å². The van der Waals surface area contributed by atoms with Gasteiger partial charge in [-0.05, 0) is 65.2 Å². The lowest BCUT2D eigenvalue weighted by molar-refractivity contribution is -0.146. The van der Waals surface area contributed by atoms with Crippen LogP contribution < -0.4 is 20.3 Å². The lowest BCUT2D eigenvalue weighted by atomic mass is 9.93. The van der Waals surface area contributed by atoms with Gasteiger partial charge in [0.2, 0.25) is 11.9 Å². The number of rotatable bonds is 13. The molecule has 1 aromatic carbocycles. The molecule has 44 heavy (non-hydrogen) atoms. The molecular weight excluding hydrogens is 611 g/mol. The Morgan fingerprint density at radius 3 is 2.32 bits per heavy atom. The number of hydrogen-bond acceptors (Lipinski definition) is 11. The second-order valence-corrected chi connectivity index (χ2v) is 11.5. The molecule has 11 nitrogen and oxygen atoms in total. The third-order valence-corrected chi connectivity index (χ3v) is 7.38. The molecule has 2 amide bonds. The molecule has 1 aliphatic heterocycles. The second kappa shape index (κ2) is 17.1. The van der Waals surface area contributed by atoms with Crippen molar-refractivity contribution in [3.8, 4) is 5.75 Å². The maximum atomic E-state index is 14.5. The van der Waals surface area contributed by atoms with Crippen molar-refractivity contribution in [3.05, 3.63) is 34.1 Å². The van der Waals surface area contributed by atoms with Crippen molar-refractivity contribution in [2.24, 2.45) is 0 Å². The summed E-state index contributed by atoms with van der Waals surface area (Å²) in [6, 6.07) is 2.46. The molecular formula is C30H40ClFN6O5S. The Morgan fingerprint density at radius 1 is 1.07 bits per heavy atom. The number of nitrogens with one attached hydrogen (secondary N) is 2. The van der Waals surface area contributed by atoms with Gasteiger partial charge >= 0.3 is 5.97 Å².